The van der Waals surface area contributed by atoms with Crippen molar-refractivity contribution >= 4 is 17.3 Å². The summed E-state index contributed by atoms with van der Waals surface area (Å²) in [6.45, 7) is 0. The number of nitrogens with two attached hydrogens (primary N) is 1. The van der Waals surface area contributed by atoms with Crippen molar-refractivity contribution in [3.8, 4) is 11.5 Å². The molecule has 0 atom stereocenters. The lowest BCUT2D eigenvalue weighted by molar-refractivity contribution is -0.141. The number of rotatable bonds is 2. The van der Waals surface area contributed by atoms with Crippen LogP contribution in [0.25, 0.3) is 0 Å². The quantitative estimate of drug-likeness (QED) is 0.843. The van der Waals surface area contributed by atoms with Crippen LogP contribution >= 0.6 is 11.6 Å². The van der Waals surface area contributed by atoms with Crippen LogP contribution in [0.5, 0.6) is 11.5 Å². The summed E-state index contributed by atoms with van der Waals surface area (Å²) < 4.78 is 55.6. The molecule has 2 aromatic rings. The third-order valence-corrected chi connectivity index (χ3v) is 2.59. The molecule has 0 bridgehead atoms. The van der Waals surface area contributed by atoms with E-state index in [0.717, 1.165) is 18.3 Å². The highest BCUT2D eigenvalue weighted by atomic mass is 35.5. The molecule has 8 heteroatoms. The second kappa shape index (κ2) is 5.16. The molecule has 1 aromatic carbocycles. The van der Waals surface area contributed by atoms with Crippen LogP contribution in [0, 0.1) is 5.82 Å². The van der Waals surface area contributed by atoms with Crippen LogP contribution in [0.4, 0.5) is 23.2 Å². The number of aromatic nitrogens is 1. The summed E-state index contributed by atoms with van der Waals surface area (Å²) in [6, 6.07) is 3.86. The number of halogens is 5. The molecule has 3 nitrogen and oxygen atoms in total. The minimum Gasteiger partial charge on any atom is -0.453 e. The Morgan fingerprint density at radius 3 is 2.45 bits per heavy atom. The predicted octanol–water partition coefficient (Wildman–Crippen LogP) is 4.27. The molecule has 0 aliphatic rings. The molecule has 0 radical (unpaired) electrons. The molecule has 1 heterocycles. The maximum absolute atomic E-state index is 12.9. The first-order chi connectivity index (χ1) is 9.27. The van der Waals surface area contributed by atoms with Crippen molar-refractivity contribution in [2.75, 3.05) is 5.73 Å². The van der Waals surface area contributed by atoms with Crippen LogP contribution in [-0.2, 0) is 6.18 Å². The third-order valence-electron chi connectivity index (χ3n) is 2.30. The smallest absolute Gasteiger partial charge is 0.433 e. The molecule has 20 heavy (non-hydrogen) atoms. The summed E-state index contributed by atoms with van der Waals surface area (Å²) in [5, 5.41) is -0.0882. The molecule has 0 unspecified atom stereocenters. The fourth-order valence-electron chi connectivity index (χ4n) is 1.37. The van der Waals surface area contributed by atoms with E-state index in [1.54, 1.807) is 0 Å². The number of nitrogens with zero attached hydrogens (tertiary/aromatic N) is 1. The molecule has 0 saturated heterocycles. The van der Waals surface area contributed by atoms with Gasteiger partial charge in [0, 0.05) is 6.07 Å². The minimum absolute atomic E-state index is 0.0147. The molecule has 0 saturated carbocycles. The van der Waals surface area contributed by atoms with E-state index >= 15 is 0 Å². The molecule has 1 aromatic heterocycles. The molecule has 106 valence electrons. The Morgan fingerprint density at radius 1 is 1.15 bits per heavy atom. The predicted molar refractivity (Wildman–Crippen MR) is 65.1 cm³/mol. The number of ether oxygens (including phenoxy) is 1. The van der Waals surface area contributed by atoms with E-state index in [1.165, 1.54) is 6.07 Å². The van der Waals surface area contributed by atoms with E-state index in [2.05, 4.69) is 4.98 Å². The Labute approximate surface area is 115 Å². The zero-order valence-corrected chi connectivity index (χ0v) is 10.5. The van der Waals surface area contributed by atoms with Gasteiger partial charge in [0.2, 0.25) is 0 Å². The van der Waals surface area contributed by atoms with Crippen molar-refractivity contribution in [2.45, 2.75) is 6.18 Å². The Bertz CT molecular complexity index is 646. The highest BCUT2D eigenvalue weighted by Gasteiger charge is 2.33. The van der Waals surface area contributed by atoms with Crippen LogP contribution in [0.2, 0.25) is 5.02 Å². The van der Waals surface area contributed by atoms with Crippen molar-refractivity contribution in [3.05, 3.63) is 47.0 Å². The Kier molecular flexibility index (Phi) is 3.71. The van der Waals surface area contributed by atoms with Gasteiger partial charge in [0.25, 0.3) is 0 Å². The van der Waals surface area contributed by atoms with Crippen LogP contribution in [0.15, 0.2) is 30.5 Å². The van der Waals surface area contributed by atoms with Crippen LogP contribution < -0.4 is 10.5 Å². The first-order valence-corrected chi connectivity index (χ1v) is 5.61. The third kappa shape index (κ3) is 3.11. The van der Waals surface area contributed by atoms with E-state index in [0.29, 0.717) is 6.07 Å². The number of anilines is 1. The summed E-state index contributed by atoms with van der Waals surface area (Å²) in [7, 11) is 0. The van der Waals surface area contributed by atoms with Crippen molar-refractivity contribution in [1.82, 2.24) is 4.98 Å². The second-order valence-corrected chi connectivity index (χ2v) is 4.19. The second-order valence-electron chi connectivity index (χ2n) is 3.78. The van der Waals surface area contributed by atoms with Crippen LogP contribution in [0.3, 0.4) is 0 Å². The molecule has 0 aliphatic carbocycles. The molecule has 2 rings (SSSR count). The van der Waals surface area contributed by atoms with E-state index in [-0.39, 0.29) is 22.2 Å². The van der Waals surface area contributed by atoms with Gasteiger partial charge in [-0.2, -0.15) is 13.2 Å². The van der Waals surface area contributed by atoms with Gasteiger partial charge >= 0.3 is 6.18 Å². The van der Waals surface area contributed by atoms with E-state index < -0.39 is 17.7 Å². The average molecular weight is 307 g/mol. The van der Waals surface area contributed by atoms with Gasteiger partial charge in [-0.3, -0.25) is 0 Å². The first kappa shape index (κ1) is 14.4. The highest BCUT2D eigenvalue weighted by Crippen LogP contribution is 2.36. The lowest BCUT2D eigenvalue weighted by Gasteiger charge is -2.12. The zero-order chi connectivity index (χ0) is 14.9. The van der Waals surface area contributed by atoms with Gasteiger partial charge in [0.15, 0.2) is 5.75 Å². The number of pyridine rings is 1. The average Bonchev–Trinajstić information content (AvgIpc) is 2.33. The number of hydrogen-bond acceptors (Lipinski definition) is 3. The molecule has 0 aliphatic heterocycles. The number of nitrogen functional groups attached to an aromatic ring is 1. The van der Waals surface area contributed by atoms with Gasteiger partial charge in [0.05, 0.1) is 16.9 Å². The Hall–Kier alpha value is -2.02. The monoisotopic (exact) mass is 306 g/mol. The largest absolute Gasteiger partial charge is 0.453 e. The van der Waals surface area contributed by atoms with Gasteiger partial charge in [-0.1, -0.05) is 11.6 Å². The Balaban J connectivity index is 2.38. The molecule has 0 spiro atoms. The summed E-state index contributed by atoms with van der Waals surface area (Å²) in [5.74, 6) is -0.874. The summed E-state index contributed by atoms with van der Waals surface area (Å²) in [5.41, 5.74) is 4.24. The molecule has 0 amide bonds. The fraction of sp³-hybridized carbons (Fsp3) is 0.0833. The minimum atomic E-state index is -4.63. The van der Waals surface area contributed by atoms with Gasteiger partial charge in [-0.05, 0) is 18.2 Å². The number of benzene rings is 1. The van der Waals surface area contributed by atoms with Gasteiger partial charge in [-0.25, -0.2) is 9.37 Å². The SMILES string of the molecule is Nc1cnc(C(F)(F)F)cc1Oc1ccc(F)cc1Cl. The molecular weight excluding hydrogens is 300 g/mol. The topological polar surface area (TPSA) is 48.1 Å². The van der Waals surface area contributed by atoms with Crippen LogP contribution in [0.1, 0.15) is 5.69 Å². The highest BCUT2D eigenvalue weighted by molar-refractivity contribution is 6.32. The number of alkyl halides is 3. The van der Waals surface area contributed by atoms with Crippen molar-refractivity contribution in [3.63, 3.8) is 0 Å². The van der Waals surface area contributed by atoms with Gasteiger partial charge in [0.1, 0.15) is 17.3 Å². The zero-order valence-electron chi connectivity index (χ0n) is 9.71. The van der Waals surface area contributed by atoms with Gasteiger partial charge < -0.3 is 10.5 Å². The van der Waals surface area contributed by atoms with Crippen molar-refractivity contribution in [1.29, 1.82) is 0 Å². The van der Waals surface area contributed by atoms with Crippen molar-refractivity contribution < 1.29 is 22.3 Å². The molecule has 2 N–H and O–H groups in total. The normalized spacial score (nSPS) is 11.4. The maximum atomic E-state index is 12.9. The first-order valence-electron chi connectivity index (χ1n) is 5.23. The Morgan fingerprint density at radius 2 is 1.85 bits per heavy atom. The lowest BCUT2D eigenvalue weighted by atomic mass is 10.3. The summed E-state index contributed by atoms with van der Waals surface area (Å²) in [6.07, 6.45) is -3.80. The van der Waals surface area contributed by atoms with E-state index in [4.69, 9.17) is 22.1 Å². The standard InChI is InChI=1S/C12H7ClF4N2O/c13-7-3-6(14)1-2-9(7)20-10-4-11(12(15,16)17)19-5-8(10)18/h1-5H,18H2. The molecular formula is C12H7ClF4N2O. The molecule has 0 fully saturated rings. The van der Waals surface area contributed by atoms with E-state index in [9.17, 15) is 17.6 Å². The fourth-order valence-corrected chi connectivity index (χ4v) is 1.57. The lowest BCUT2D eigenvalue weighted by Crippen LogP contribution is -2.08. The summed E-state index contributed by atoms with van der Waals surface area (Å²) in [4.78, 5) is 3.17. The maximum Gasteiger partial charge on any atom is 0.433 e. The van der Waals surface area contributed by atoms with Crippen LogP contribution in [-0.4, -0.2) is 4.98 Å². The van der Waals surface area contributed by atoms with Crippen molar-refractivity contribution in [2.24, 2.45) is 0 Å². The number of hydrogen-bond donors (Lipinski definition) is 1. The van der Waals surface area contributed by atoms with E-state index in [1.807, 2.05) is 0 Å². The summed E-state index contributed by atoms with van der Waals surface area (Å²) >= 11 is 5.72. The van der Waals surface area contributed by atoms with Gasteiger partial charge in [-0.15, -0.1) is 0 Å².